The highest BCUT2D eigenvalue weighted by molar-refractivity contribution is 5.86. The normalized spacial score (nSPS) is 23.9. The Kier molecular flexibility index (Phi) is 2.88. The van der Waals surface area contributed by atoms with Gasteiger partial charge in [0, 0.05) is 0 Å². The largest absolute Gasteiger partial charge is 0.386 e. The number of β-amino-alcohol motifs (C(OH)–C–C–N with tert-alkyl or cyclic N) is 1. The molecule has 4 heteroatoms. The fourth-order valence-electron chi connectivity index (χ4n) is 1.54. The van der Waals surface area contributed by atoms with Crippen LogP contribution in [-0.4, -0.2) is 40.1 Å². The number of hydrogen-bond donors (Lipinski definition) is 2. The van der Waals surface area contributed by atoms with E-state index < -0.39 is 11.1 Å². The van der Waals surface area contributed by atoms with Gasteiger partial charge in [0.1, 0.15) is 0 Å². The lowest BCUT2D eigenvalue weighted by Crippen LogP contribution is -2.68. The lowest BCUT2D eigenvalue weighted by molar-refractivity contribution is -0.160. The molecule has 0 aromatic rings. The number of nitrogens with zero attached hydrogens (tertiary/aromatic N) is 1. The van der Waals surface area contributed by atoms with Gasteiger partial charge >= 0.3 is 0 Å². The predicted molar refractivity (Wildman–Crippen MR) is 54.7 cm³/mol. The number of hydrogen-bond acceptors (Lipinski definition) is 3. The van der Waals surface area contributed by atoms with Gasteiger partial charge in [0.25, 0.3) is 0 Å². The molecule has 4 nitrogen and oxygen atoms in total. The van der Waals surface area contributed by atoms with E-state index in [0.29, 0.717) is 25.9 Å². The molecule has 1 aliphatic heterocycles. The Bertz CT molecular complexity index is 232. The Morgan fingerprint density at radius 1 is 1.57 bits per heavy atom. The second kappa shape index (κ2) is 3.51. The maximum Gasteiger partial charge on any atom is 0.242 e. The summed E-state index contributed by atoms with van der Waals surface area (Å²) in [5.41, 5.74) is 4.38. The summed E-state index contributed by atoms with van der Waals surface area (Å²) >= 11 is 0. The molecular formula is C10H20N2O2. The summed E-state index contributed by atoms with van der Waals surface area (Å²) in [6, 6.07) is 0. The smallest absolute Gasteiger partial charge is 0.242 e. The van der Waals surface area contributed by atoms with Crippen molar-refractivity contribution in [3.8, 4) is 0 Å². The predicted octanol–water partition coefficient (Wildman–Crippen LogP) is 0.0971. The van der Waals surface area contributed by atoms with E-state index >= 15 is 0 Å². The van der Waals surface area contributed by atoms with E-state index in [0.717, 1.165) is 0 Å². The van der Waals surface area contributed by atoms with Crippen molar-refractivity contribution < 1.29 is 9.90 Å². The zero-order chi connectivity index (χ0) is 11.0. The highest BCUT2D eigenvalue weighted by Gasteiger charge is 2.45. The Labute approximate surface area is 85.1 Å². The van der Waals surface area contributed by atoms with Crippen molar-refractivity contribution in [2.75, 3.05) is 13.1 Å². The summed E-state index contributed by atoms with van der Waals surface area (Å²) in [7, 11) is 0. The van der Waals surface area contributed by atoms with Crippen LogP contribution in [0.5, 0.6) is 0 Å². The second-order valence-corrected chi connectivity index (χ2v) is 4.51. The van der Waals surface area contributed by atoms with Crippen molar-refractivity contribution in [2.45, 2.75) is 44.8 Å². The first-order chi connectivity index (χ1) is 6.34. The Morgan fingerprint density at radius 2 is 2.07 bits per heavy atom. The molecule has 0 bridgehead atoms. The standard InChI is InChI=1S/C10H20N2O2/c1-4-9(3,11)8(13)12-6-10(14,5-2)7-12/h14H,4-7,11H2,1-3H3. The van der Waals surface area contributed by atoms with Crippen LogP contribution in [0, 0.1) is 0 Å². The molecule has 0 spiro atoms. The molecule has 1 unspecified atom stereocenters. The molecule has 0 aromatic heterocycles. The first-order valence-corrected chi connectivity index (χ1v) is 5.15. The van der Waals surface area contributed by atoms with E-state index in [1.807, 2.05) is 13.8 Å². The molecule has 0 radical (unpaired) electrons. The number of carbonyl (C=O) groups excluding carboxylic acids is 1. The lowest BCUT2D eigenvalue weighted by Gasteiger charge is -2.48. The van der Waals surface area contributed by atoms with Gasteiger partial charge in [-0.3, -0.25) is 4.79 Å². The summed E-state index contributed by atoms with van der Waals surface area (Å²) < 4.78 is 0. The average molecular weight is 200 g/mol. The third-order valence-corrected chi connectivity index (χ3v) is 3.14. The van der Waals surface area contributed by atoms with Gasteiger partial charge in [0.05, 0.1) is 24.2 Å². The van der Waals surface area contributed by atoms with Crippen LogP contribution in [0.25, 0.3) is 0 Å². The van der Waals surface area contributed by atoms with E-state index in [9.17, 15) is 9.90 Å². The van der Waals surface area contributed by atoms with Crippen LogP contribution in [-0.2, 0) is 4.79 Å². The third kappa shape index (κ3) is 1.91. The fourth-order valence-corrected chi connectivity index (χ4v) is 1.54. The lowest BCUT2D eigenvalue weighted by atomic mass is 9.88. The first kappa shape index (κ1) is 11.5. The van der Waals surface area contributed by atoms with E-state index in [4.69, 9.17) is 5.73 Å². The SMILES string of the molecule is CCC1(O)CN(C(=O)C(C)(N)CC)C1. The highest BCUT2D eigenvalue weighted by Crippen LogP contribution is 2.26. The molecule has 14 heavy (non-hydrogen) atoms. The van der Waals surface area contributed by atoms with E-state index in [-0.39, 0.29) is 5.91 Å². The molecule has 1 aliphatic rings. The van der Waals surface area contributed by atoms with E-state index in [2.05, 4.69) is 0 Å². The number of likely N-dealkylation sites (tertiary alicyclic amines) is 1. The summed E-state index contributed by atoms with van der Waals surface area (Å²) in [5.74, 6) is -0.0573. The summed E-state index contributed by atoms with van der Waals surface area (Å²) in [5, 5.41) is 9.74. The van der Waals surface area contributed by atoms with E-state index in [1.165, 1.54) is 0 Å². The quantitative estimate of drug-likeness (QED) is 0.679. The summed E-state index contributed by atoms with van der Waals surface area (Å²) in [6.07, 6.45) is 1.30. The molecule has 1 amide bonds. The number of rotatable bonds is 3. The van der Waals surface area contributed by atoms with Crippen molar-refractivity contribution in [1.82, 2.24) is 4.90 Å². The van der Waals surface area contributed by atoms with Gasteiger partial charge in [-0.25, -0.2) is 0 Å². The molecular weight excluding hydrogens is 180 g/mol. The number of nitrogens with two attached hydrogens (primary N) is 1. The minimum Gasteiger partial charge on any atom is -0.386 e. The van der Waals surface area contributed by atoms with Gasteiger partial charge in [-0.15, -0.1) is 0 Å². The molecule has 1 atom stereocenters. The summed E-state index contributed by atoms with van der Waals surface area (Å²) in [4.78, 5) is 13.4. The van der Waals surface area contributed by atoms with Crippen LogP contribution in [0.15, 0.2) is 0 Å². The molecule has 3 N–H and O–H groups in total. The second-order valence-electron chi connectivity index (χ2n) is 4.51. The van der Waals surface area contributed by atoms with Crippen molar-refractivity contribution >= 4 is 5.91 Å². The van der Waals surface area contributed by atoms with Gasteiger partial charge in [-0.2, -0.15) is 0 Å². The summed E-state index contributed by atoms with van der Waals surface area (Å²) in [6.45, 7) is 6.40. The fraction of sp³-hybridized carbons (Fsp3) is 0.900. The van der Waals surface area contributed by atoms with Gasteiger partial charge in [-0.05, 0) is 19.8 Å². The maximum absolute atomic E-state index is 11.8. The van der Waals surface area contributed by atoms with Crippen molar-refractivity contribution in [2.24, 2.45) is 5.73 Å². The highest BCUT2D eigenvalue weighted by atomic mass is 16.3. The molecule has 0 aromatic carbocycles. The number of carbonyl (C=O) groups is 1. The van der Waals surface area contributed by atoms with Crippen molar-refractivity contribution in [1.29, 1.82) is 0 Å². The van der Waals surface area contributed by atoms with Crippen LogP contribution in [0.1, 0.15) is 33.6 Å². The number of amides is 1. The third-order valence-electron chi connectivity index (χ3n) is 3.14. The topological polar surface area (TPSA) is 66.6 Å². The van der Waals surface area contributed by atoms with Crippen molar-refractivity contribution in [3.63, 3.8) is 0 Å². The van der Waals surface area contributed by atoms with Gasteiger partial charge in [0.2, 0.25) is 5.91 Å². The van der Waals surface area contributed by atoms with Crippen LogP contribution in [0.3, 0.4) is 0 Å². The van der Waals surface area contributed by atoms with E-state index in [1.54, 1.807) is 11.8 Å². The minimum absolute atomic E-state index is 0.0573. The van der Waals surface area contributed by atoms with Crippen LogP contribution < -0.4 is 5.73 Å². The zero-order valence-corrected chi connectivity index (χ0v) is 9.21. The maximum atomic E-state index is 11.8. The van der Waals surface area contributed by atoms with Crippen molar-refractivity contribution in [3.05, 3.63) is 0 Å². The Balaban J connectivity index is 2.52. The zero-order valence-electron chi connectivity index (χ0n) is 9.21. The van der Waals surface area contributed by atoms with Gasteiger partial charge in [-0.1, -0.05) is 13.8 Å². The van der Waals surface area contributed by atoms with Gasteiger partial charge < -0.3 is 15.7 Å². The molecule has 1 rings (SSSR count). The monoisotopic (exact) mass is 200 g/mol. The van der Waals surface area contributed by atoms with Gasteiger partial charge in [0.15, 0.2) is 0 Å². The minimum atomic E-state index is -0.783. The molecule has 1 heterocycles. The molecule has 0 saturated carbocycles. The molecule has 1 fully saturated rings. The van der Waals surface area contributed by atoms with Crippen LogP contribution >= 0.6 is 0 Å². The number of aliphatic hydroxyl groups is 1. The van der Waals surface area contributed by atoms with Crippen LogP contribution in [0.2, 0.25) is 0 Å². The first-order valence-electron chi connectivity index (χ1n) is 5.15. The Morgan fingerprint density at radius 3 is 2.43 bits per heavy atom. The Hall–Kier alpha value is -0.610. The average Bonchev–Trinajstić information content (AvgIpc) is 2.11. The molecule has 0 aliphatic carbocycles. The van der Waals surface area contributed by atoms with Crippen LogP contribution in [0.4, 0.5) is 0 Å². The molecule has 1 saturated heterocycles. The molecule has 82 valence electrons.